The number of rotatable bonds is 0. The molecule has 2 fully saturated rings. The molecule has 0 saturated carbocycles. The van der Waals surface area contributed by atoms with E-state index in [1.807, 2.05) is 0 Å². The van der Waals surface area contributed by atoms with Gasteiger partial charge in [0.15, 0.2) is 5.79 Å². The number of hydrogen-bond acceptors (Lipinski definition) is 3. The van der Waals surface area contributed by atoms with Crippen LogP contribution in [0.15, 0.2) is 0 Å². The van der Waals surface area contributed by atoms with Crippen LogP contribution in [-0.4, -0.2) is 33.6 Å². The highest BCUT2D eigenvalue weighted by Crippen LogP contribution is 2.39. The Morgan fingerprint density at radius 3 is 2.86 bits per heavy atom. The maximum Gasteiger partial charge on any atom is 0.195 e. The van der Waals surface area contributed by atoms with Crippen molar-refractivity contribution in [3.63, 3.8) is 0 Å². The Hall–Kier alpha value is 0.610. The minimum atomic E-state index is -0.693. The first-order valence-electron chi connectivity index (χ1n) is 5.28. The molecule has 3 nitrogen and oxygen atoms in total. The van der Waals surface area contributed by atoms with Crippen molar-refractivity contribution in [2.75, 3.05) is 6.61 Å². The zero-order valence-electron chi connectivity index (χ0n) is 8.41. The third-order valence-electron chi connectivity index (χ3n) is 3.02. The minimum absolute atomic E-state index is 0.193. The van der Waals surface area contributed by atoms with Crippen molar-refractivity contribution in [1.82, 2.24) is 0 Å². The van der Waals surface area contributed by atoms with Gasteiger partial charge in [0.05, 0.1) is 12.7 Å². The van der Waals surface area contributed by atoms with E-state index < -0.39 is 11.9 Å². The number of ether oxygens (including phenoxy) is 2. The molecule has 1 spiro atoms. The maximum atomic E-state index is 10.1. The molecule has 2 rings (SSSR count). The largest absolute Gasteiger partial charge is 0.386 e. The fourth-order valence-electron chi connectivity index (χ4n) is 2.30. The second-order valence-electron chi connectivity index (χ2n) is 4.24. The van der Waals surface area contributed by atoms with Gasteiger partial charge in [-0.1, -0.05) is 22.6 Å². The van der Waals surface area contributed by atoms with Crippen LogP contribution in [0.1, 0.15) is 32.6 Å². The van der Waals surface area contributed by atoms with Gasteiger partial charge in [0.2, 0.25) is 0 Å². The minimum Gasteiger partial charge on any atom is -0.386 e. The highest BCUT2D eigenvalue weighted by Gasteiger charge is 2.49. The van der Waals surface area contributed by atoms with E-state index in [4.69, 9.17) is 9.47 Å². The quantitative estimate of drug-likeness (QED) is 0.548. The van der Waals surface area contributed by atoms with Crippen molar-refractivity contribution < 1.29 is 14.6 Å². The smallest absolute Gasteiger partial charge is 0.195 e. The highest BCUT2D eigenvalue weighted by molar-refractivity contribution is 14.1. The van der Waals surface area contributed by atoms with Gasteiger partial charge < -0.3 is 14.6 Å². The Morgan fingerprint density at radius 2 is 2.21 bits per heavy atom. The molecule has 2 aliphatic heterocycles. The van der Waals surface area contributed by atoms with Gasteiger partial charge in [-0.3, -0.25) is 0 Å². The van der Waals surface area contributed by atoms with Crippen molar-refractivity contribution in [3.8, 4) is 0 Å². The molecule has 0 aliphatic carbocycles. The lowest BCUT2D eigenvalue weighted by Gasteiger charge is -2.47. The first-order chi connectivity index (χ1) is 6.64. The molecule has 2 aliphatic rings. The Kier molecular flexibility index (Phi) is 3.36. The standard InChI is InChI=1S/C10H17IO3/c1-7-6-8(11)9(12)10(14-7)4-2-3-5-13-10/h7-9,12H,2-6H2,1H3/t7-,8-,9+,10+/m0/s1. The lowest BCUT2D eigenvalue weighted by Crippen LogP contribution is -2.58. The molecule has 0 aromatic heterocycles. The van der Waals surface area contributed by atoms with E-state index in [0.29, 0.717) is 6.61 Å². The lowest BCUT2D eigenvalue weighted by atomic mass is 9.92. The van der Waals surface area contributed by atoms with Gasteiger partial charge in [-0.2, -0.15) is 0 Å². The summed E-state index contributed by atoms with van der Waals surface area (Å²) in [6, 6.07) is 0. The van der Waals surface area contributed by atoms with E-state index >= 15 is 0 Å². The van der Waals surface area contributed by atoms with E-state index in [0.717, 1.165) is 25.7 Å². The second kappa shape index (κ2) is 4.23. The SMILES string of the molecule is C[C@H]1C[C@H](I)[C@@H](O)[C@@]2(CCCCO2)O1. The van der Waals surface area contributed by atoms with Gasteiger partial charge in [-0.05, 0) is 26.2 Å². The summed E-state index contributed by atoms with van der Waals surface area (Å²) in [6.45, 7) is 2.77. The molecular weight excluding hydrogens is 295 g/mol. The molecule has 0 aromatic carbocycles. The topological polar surface area (TPSA) is 38.7 Å². The summed E-state index contributed by atoms with van der Waals surface area (Å²) in [7, 11) is 0. The van der Waals surface area contributed by atoms with E-state index in [2.05, 4.69) is 29.5 Å². The average molecular weight is 312 g/mol. The highest BCUT2D eigenvalue weighted by atomic mass is 127. The van der Waals surface area contributed by atoms with Crippen molar-refractivity contribution in [2.24, 2.45) is 0 Å². The van der Waals surface area contributed by atoms with E-state index in [1.54, 1.807) is 0 Å². The molecule has 0 bridgehead atoms. The van der Waals surface area contributed by atoms with Gasteiger partial charge in [0.1, 0.15) is 6.10 Å². The van der Waals surface area contributed by atoms with Crippen LogP contribution >= 0.6 is 22.6 Å². The summed E-state index contributed by atoms with van der Waals surface area (Å²) < 4.78 is 11.7. The summed E-state index contributed by atoms with van der Waals surface area (Å²) in [5.74, 6) is -0.693. The Bertz CT molecular complexity index is 204. The summed E-state index contributed by atoms with van der Waals surface area (Å²) in [4.78, 5) is 0. The molecule has 0 radical (unpaired) electrons. The first-order valence-corrected chi connectivity index (χ1v) is 6.52. The molecule has 4 heteroatoms. The zero-order chi connectivity index (χ0) is 10.2. The lowest BCUT2D eigenvalue weighted by molar-refractivity contribution is -0.328. The molecule has 1 N–H and O–H groups in total. The van der Waals surface area contributed by atoms with Crippen molar-refractivity contribution in [2.45, 2.75) is 54.5 Å². The first kappa shape index (κ1) is 11.1. The molecule has 0 unspecified atom stereocenters. The van der Waals surface area contributed by atoms with Crippen LogP contribution in [0.3, 0.4) is 0 Å². The van der Waals surface area contributed by atoms with Crippen LogP contribution in [0.4, 0.5) is 0 Å². The Morgan fingerprint density at radius 1 is 1.43 bits per heavy atom. The van der Waals surface area contributed by atoms with E-state index in [-0.39, 0.29) is 10.0 Å². The van der Waals surface area contributed by atoms with Crippen LogP contribution in [0.25, 0.3) is 0 Å². The van der Waals surface area contributed by atoms with E-state index in [9.17, 15) is 5.11 Å². The average Bonchev–Trinajstić information content (AvgIpc) is 2.15. The summed E-state index contributed by atoms with van der Waals surface area (Å²) in [6.07, 6.45) is 3.63. The molecule has 2 saturated heterocycles. The van der Waals surface area contributed by atoms with Crippen LogP contribution in [0.2, 0.25) is 0 Å². The van der Waals surface area contributed by atoms with Crippen molar-refractivity contribution in [3.05, 3.63) is 0 Å². The number of hydrogen-bond donors (Lipinski definition) is 1. The van der Waals surface area contributed by atoms with Gasteiger partial charge in [-0.15, -0.1) is 0 Å². The number of alkyl halides is 1. The van der Waals surface area contributed by atoms with Gasteiger partial charge in [-0.25, -0.2) is 0 Å². The molecule has 4 atom stereocenters. The normalized spacial score (nSPS) is 49.5. The van der Waals surface area contributed by atoms with Crippen molar-refractivity contribution in [1.29, 1.82) is 0 Å². The third kappa shape index (κ3) is 1.94. The predicted octanol–water partition coefficient (Wildman–Crippen LogP) is 1.86. The predicted molar refractivity (Wildman–Crippen MR) is 61.5 cm³/mol. The van der Waals surface area contributed by atoms with Crippen LogP contribution in [0.5, 0.6) is 0 Å². The fraction of sp³-hybridized carbons (Fsp3) is 1.00. The fourth-order valence-corrected chi connectivity index (χ4v) is 3.56. The molecule has 2 heterocycles. The summed E-state index contributed by atoms with van der Waals surface area (Å²) >= 11 is 2.30. The van der Waals surface area contributed by atoms with E-state index in [1.165, 1.54) is 0 Å². The van der Waals surface area contributed by atoms with Crippen LogP contribution < -0.4 is 0 Å². The molecule has 0 amide bonds. The zero-order valence-corrected chi connectivity index (χ0v) is 10.6. The van der Waals surface area contributed by atoms with Crippen LogP contribution in [0, 0.1) is 0 Å². The molecular formula is C10H17IO3. The maximum absolute atomic E-state index is 10.1. The Balaban J connectivity index is 2.13. The molecule has 14 heavy (non-hydrogen) atoms. The molecule has 0 aromatic rings. The van der Waals surface area contributed by atoms with Gasteiger partial charge in [0, 0.05) is 10.3 Å². The monoisotopic (exact) mass is 312 g/mol. The molecule has 82 valence electrons. The van der Waals surface area contributed by atoms with Gasteiger partial charge >= 0.3 is 0 Å². The summed E-state index contributed by atoms with van der Waals surface area (Å²) in [5, 5.41) is 10.1. The third-order valence-corrected chi connectivity index (χ3v) is 4.21. The van der Waals surface area contributed by atoms with Gasteiger partial charge in [0.25, 0.3) is 0 Å². The number of halogens is 1. The number of aliphatic hydroxyl groups is 1. The summed E-state index contributed by atoms with van der Waals surface area (Å²) in [5.41, 5.74) is 0. The number of aliphatic hydroxyl groups excluding tert-OH is 1. The Labute approximate surface area is 98.3 Å². The van der Waals surface area contributed by atoms with Crippen LogP contribution in [-0.2, 0) is 9.47 Å². The second-order valence-corrected chi connectivity index (χ2v) is 5.84. The van der Waals surface area contributed by atoms with Crippen molar-refractivity contribution >= 4 is 22.6 Å².